The number of halogens is 1. The first-order chi connectivity index (χ1) is 12.0. The number of carbonyl (C=O) groups is 3. The Hall–Kier alpha value is -2.67. The van der Waals surface area contributed by atoms with Crippen molar-refractivity contribution in [2.45, 2.75) is 6.92 Å². The van der Waals surface area contributed by atoms with Gasteiger partial charge in [0.2, 0.25) is 0 Å². The molecular weight excluding hydrogens is 390 g/mol. The molecule has 130 valence electrons. The van der Waals surface area contributed by atoms with Crippen LogP contribution in [-0.2, 0) is 14.3 Å². The summed E-state index contributed by atoms with van der Waals surface area (Å²) < 4.78 is 10.5. The molecule has 0 aliphatic rings. The van der Waals surface area contributed by atoms with Gasteiger partial charge in [-0.25, -0.2) is 9.59 Å². The molecule has 1 N–H and O–H groups in total. The first-order valence-corrected chi connectivity index (χ1v) is 8.29. The molecule has 25 heavy (non-hydrogen) atoms. The van der Waals surface area contributed by atoms with Crippen LogP contribution >= 0.6 is 15.9 Å². The molecule has 0 bridgehead atoms. The number of amides is 1. The summed E-state index contributed by atoms with van der Waals surface area (Å²) >= 11 is 3.25. The number of carbonyl (C=O) groups excluding carboxylic acids is 3. The van der Waals surface area contributed by atoms with Crippen LogP contribution in [0.3, 0.4) is 0 Å². The van der Waals surface area contributed by atoms with Crippen LogP contribution in [0.15, 0.2) is 53.0 Å². The number of hydrogen-bond donors (Lipinski definition) is 1. The summed E-state index contributed by atoms with van der Waals surface area (Å²) in [6, 6.07) is 13.0. The van der Waals surface area contributed by atoms with E-state index >= 15 is 0 Å². The lowest BCUT2D eigenvalue weighted by Gasteiger charge is -2.08. The molecule has 0 aromatic heterocycles. The average molecular weight is 406 g/mol. The van der Waals surface area contributed by atoms with Crippen LogP contribution in [0.2, 0.25) is 0 Å². The maximum atomic E-state index is 11.9. The van der Waals surface area contributed by atoms with Crippen LogP contribution in [-0.4, -0.2) is 31.1 Å². The maximum Gasteiger partial charge on any atom is 0.339 e. The minimum atomic E-state index is -0.597. The van der Waals surface area contributed by atoms with Gasteiger partial charge in [0.25, 0.3) is 5.91 Å². The van der Waals surface area contributed by atoms with Gasteiger partial charge < -0.3 is 14.8 Å². The van der Waals surface area contributed by atoms with Gasteiger partial charge in [0.05, 0.1) is 17.7 Å². The van der Waals surface area contributed by atoms with Gasteiger partial charge in [-0.15, -0.1) is 0 Å². The highest BCUT2D eigenvalue weighted by Crippen LogP contribution is 2.17. The van der Waals surface area contributed by atoms with E-state index in [-0.39, 0.29) is 0 Å². The number of ether oxygens (including phenoxy) is 2. The zero-order valence-electron chi connectivity index (χ0n) is 13.5. The Balaban J connectivity index is 1.87. The standard InChI is InChI=1S/C18H16BrNO5/c1-2-24-17(22)12-7-9-13(10-8-12)20-16(21)11-25-18(23)14-5-3-4-6-15(14)19/h3-10H,2,11H2,1H3,(H,20,21). The van der Waals surface area contributed by atoms with E-state index in [2.05, 4.69) is 21.2 Å². The molecule has 0 saturated heterocycles. The molecule has 0 radical (unpaired) electrons. The first-order valence-electron chi connectivity index (χ1n) is 7.50. The number of rotatable bonds is 6. The molecule has 0 heterocycles. The third kappa shape index (κ3) is 5.42. The normalized spacial score (nSPS) is 10.0. The minimum Gasteiger partial charge on any atom is -0.462 e. The van der Waals surface area contributed by atoms with Crippen LogP contribution < -0.4 is 5.32 Å². The summed E-state index contributed by atoms with van der Waals surface area (Å²) in [5, 5.41) is 2.58. The number of anilines is 1. The number of nitrogens with one attached hydrogen (secondary N) is 1. The third-order valence-electron chi connectivity index (χ3n) is 3.11. The Morgan fingerprint density at radius 1 is 0.960 bits per heavy atom. The average Bonchev–Trinajstić information content (AvgIpc) is 2.61. The van der Waals surface area contributed by atoms with Gasteiger partial charge >= 0.3 is 11.9 Å². The molecule has 6 nitrogen and oxygen atoms in total. The van der Waals surface area contributed by atoms with E-state index in [1.807, 2.05) is 0 Å². The first kappa shape index (κ1) is 18.7. The number of hydrogen-bond acceptors (Lipinski definition) is 5. The molecule has 0 fully saturated rings. The van der Waals surface area contributed by atoms with Crippen LogP contribution in [0.1, 0.15) is 27.6 Å². The van der Waals surface area contributed by atoms with Crippen LogP contribution in [0.4, 0.5) is 5.69 Å². The topological polar surface area (TPSA) is 81.7 Å². The number of esters is 2. The lowest BCUT2D eigenvalue weighted by atomic mass is 10.2. The molecule has 7 heteroatoms. The Kier molecular flexibility index (Phi) is 6.71. The molecule has 0 spiro atoms. The van der Waals surface area contributed by atoms with Crippen molar-refractivity contribution in [2.75, 3.05) is 18.5 Å². The van der Waals surface area contributed by atoms with E-state index in [0.29, 0.717) is 27.9 Å². The van der Waals surface area contributed by atoms with Gasteiger partial charge in [-0.2, -0.15) is 0 Å². The van der Waals surface area contributed by atoms with E-state index < -0.39 is 24.5 Å². The van der Waals surface area contributed by atoms with Crippen LogP contribution in [0.25, 0.3) is 0 Å². The van der Waals surface area contributed by atoms with Crippen LogP contribution in [0.5, 0.6) is 0 Å². The molecular formula is C18H16BrNO5. The summed E-state index contributed by atoms with van der Waals surface area (Å²) in [6.07, 6.45) is 0. The SMILES string of the molecule is CCOC(=O)c1ccc(NC(=O)COC(=O)c2ccccc2Br)cc1. The Bertz CT molecular complexity index is 773. The van der Waals surface area contributed by atoms with Gasteiger partial charge in [0, 0.05) is 10.2 Å². The van der Waals surface area contributed by atoms with Crippen molar-refractivity contribution in [3.05, 3.63) is 64.1 Å². The fraction of sp³-hybridized carbons (Fsp3) is 0.167. The summed E-state index contributed by atoms with van der Waals surface area (Å²) in [5.41, 5.74) is 1.21. The predicted octanol–water partition coefficient (Wildman–Crippen LogP) is 3.42. The van der Waals surface area contributed by atoms with Crippen molar-refractivity contribution in [2.24, 2.45) is 0 Å². The Labute approximate surface area is 153 Å². The highest BCUT2D eigenvalue weighted by molar-refractivity contribution is 9.10. The molecule has 0 aliphatic carbocycles. The van der Waals surface area contributed by atoms with E-state index in [1.165, 1.54) is 0 Å². The van der Waals surface area contributed by atoms with E-state index in [1.54, 1.807) is 55.5 Å². The largest absolute Gasteiger partial charge is 0.462 e. The van der Waals surface area contributed by atoms with Gasteiger partial charge in [0.15, 0.2) is 6.61 Å². The van der Waals surface area contributed by atoms with Crippen molar-refractivity contribution in [1.82, 2.24) is 0 Å². The molecule has 2 aromatic carbocycles. The Morgan fingerprint density at radius 2 is 1.64 bits per heavy atom. The molecule has 2 aromatic rings. The van der Waals surface area contributed by atoms with Crippen molar-refractivity contribution in [3.63, 3.8) is 0 Å². The van der Waals surface area contributed by atoms with Crippen molar-refractivity contribution >= 4 is 39.5 Å². The van der Waals surface area contributed by atoms with Gasteiger partial charge in [-0.05, 0) is 59.3 Å². The second-order valence-electron chi connectivity index (χ2n) is 4.90. The van der Waals surface area contributed by atoms with Gasteiger partial charge in [-0.3, -0.25) is 4.79 Å². The molecule has 0 saturated carbocycles. The zero-order valence-corrected chi connectivity index (χ0v) is 15.0. The third-order valence-corrected chi connectivity index (χ3v) is 3.80. The molecule has 0 atom stereocenters. The van der Waals surface area contributed by atoms with Gasteiger partial charge in [-0.1, -0.05) is 12.1 Å². The molecule has 0 aliphatic heterocycles. The highest BCUT2D eigenvalue weighted by Gasteiger charge is 2.13. The fourth-order valence-electron chi connectivity index (χ4n) is 1.94. The summed E-state index contributed by atoms with van der Waals surface area (Å²) in [4.78, 5) is 35.3. The summed E-state index contributed by atoms with van der Waals surface area (Å²) in [6.45, 7) is 1.60. The van der Waals surface area contributed by atoms with Crippen molar-refractivity contribution in [1.29, 1.82) is 0 Å². The predicted molar refractivity (Wildman–Crippen MR) is 95.5 cm³/mol. The van der Waals surface area contributed by atoms with Crippen LogP contribution in [0, 0.1) is 0 Å². The quantitative estimate of drug-likeness (QED) is 0.744. The second-order valence-corrected chi connectivity index (χ2v) is 5.76. The molecule has 1 amide bonds. The molecule has 2 rings (SSSR count). The smallest absolute Gasteiger partial charge is 0.339 e. The summed E-state index contributed by atoms with van der Waals surface area (Å²) in [7, 11) is 0. The Morgan fingerprint density at radius 3 is 2.28 bits per heavy atom. The lowest BCUT2D eigenvalue weighted by molar-refractivity contribution is -0.119. The van der Waals surface area contributed by atoms with E-state index in [4.69, 9.17) is 9.47 Å². The van der Waals surface area contributed by atoms with Crippen molar-refractivity contribution < 1.29 is 23.9 Å². The number of benzene rings is 2. The van der Waals surface area contributed by atoms with E-state index in [9.17, 15) is 14.4 Å². The highest BCUT2D eigenvalue weighted by atomic mass is 79.9. The maximum absolute atomic E-state index is 11.9. The summed E-state index contributed by atoms with van der Waals surface area (Å²) in [5.74, 6) is -1.51. The monoisotopic (exact) mass is 405 g/mol. The zero-order chi connectivity index (χ0) is 18.2. The molecule has 0 unspecified atom stereocenters. The van der Waals surface area contributed by atoms with Gasteiger partial charge in [0.1, 0.15) is 0 Å². The lowest BCUT2D eigenvalue weighted by Crippen LogP contribution is -2.21. The second kappa shape index (κ2) is 8.98. The van der Waals surface area contributed by atoms with E-state index in [0.717, 1.165) is 0 Å². The van der Waals surface area contributed by atoms with Crippen molar-refractivity contribution in [3.8, 4) is 0 Å². The fourth-order valence-corrected chi connectivity index (χ4v) is 2.38. The minimum absolute atomic E-state index is 0.292.